The molecule has 1 aromatic carbocycles. The maximum Gasteiger partial charge on any atom is 0.305 e. The normalized spacial score (nSPS) is 12.3. The molecule has 1 aromatic heterocycles. The van der Waals surface area contributed by atoms with Gasteiger partial charge in [-0.1, -0.05) is 13.0 Å². The van der Waals surface area contributed by atoms with Crippen LogP contribution in [0.3, 0.4) is 0 Å². The largest absolute Gasteiger partial charge is 0.481 e. The number of benzene rings is 1. The van der Waals surface area contributed by atoms with Crippen LogP contribution < -0.4 is 0 Å². The quantitative estimate of drug-likeness (QED) is 0.907. The van der Waals surface area contributed by atoms with E-state index in [2.05, 4.69) is 15.5 Å². The first kappa shape index (κ1) is 14.0. The van der Waals surface area contributed by atoms with Crippen LogP contribution in [0, 0.1) is 11.6 Å². The molecule has 0 amide bonds. The average molecular weight is 282 g/mol. The molecule has 0 aliphatic rings. The fraction of sp³-hybridized carbons (Fsp3) is 0.333. The molecule has 1 N–H and O–H groups in total. The summed E-state index contributed by atoms with van der Waals surface area (Å²) in [4.78, 5) is 10.8. The molecular weight excluding hydrogens is 270 g/mol. The Labute approximate surface area is 113 Å². The maximum atomic E-state index is 13.8. The zero-order valence-corrected chi connectivity index (χ0v) is 10.6. The smallest absolute Gasteiger partial charge is 0.305 e. The predicted molar refractivity (Wildman–Crippen MR) is 64.7 cm³/mol. The average Bonchev–Trinajstić information content (AvgIpc) is 2.84. The Morgan fingerprint density at radius 3 is 2.60 bits per heavy atom. The number of aromatic nitrogens is 4. The summed E-state index contributed by atoms with van der Waals surface area (Å²) >= 11 is 0. The highest BCUT2D eigenvalue weighted by atomic mass is 19.1. The predicted octanol–water partition coefficient (Wildman–Crippen LogP) is 2.04. The molecule has 0 aliphatic carbocycles. The van der Waals surface area contributed by atoms with Crippen molar-refractivity contribution >= 4 is 5.97 Å². The second-order valence-electron chi connectivity index (χ2n) is 4.20. The molecule has 8 heteroatoms. The molecule has 0 spiro atoms. The van der Waals surface area contributed by atoms with Crippen LogP contribution in [-0.4, -0.2) is 31.3 Å². The summed E-state index contributed by atoms with van der Waals surface area (Å²) in [5, 5.41) is 19.5. The number of carboxylic acid groups (broad SMARTS) is 1. The summed E-state index contributed by atoms with van der Waals surface area (Å²) < 4.78 is 28.7. The van der Waals surface area contributed by atoms with Crippen molar-refractivity contribution in [1.29, 1.82) is 0 Å². The number of hydrogen-bond acceptors (Lipinski definition) is 4. The summed E-state index contributed by atoms with van der Waals surface area (Å²) in [6, 6.07) is 2.85. The number of halogens is 2. The van der Waals surface area contributed by atoms with Crippen LogP contribution >= 0.6 is 0 Å². The van der Waals surface area contributed by atoms with Crippen molar-refractivity contribution < 1.29 is 18.7 Å². The van der Waals surface area contributed by atoms with E-state index in [1.807, 2.05) is 0 Å². The molecule has 20 heavy (non-hydrogen) atoms. The first-order valence-electron chi connectivity index (χ1n) is 5.98. The van der Waals surface area contributed by atoms with Gasteiger partial charge in [-0.05, 0) is 29.0 Å². The fourth-order valence-electron chi connectivity index (χ4n) is 1.92. The van der Waals surface area contributed by atoms with Crippen LogP contribution in [0.1, 0.15) is 25.8 Å². The highest BCUT2D eigenvalue weighted by molar-refractivity contribution is 5.67. The van der Waals surface area contributed by atoms with Crippen molar-refractivity contribution in [2.45, 2.75) is 25.8 Å². The van der Waals surface area contributed by atoms with E-state index in [4.69, 9.17) is 5.11 Å². The van der Waals surface area contributed by atoms with Gasteiger partial charge >= 0.3 is 5.97 Å². The minimum absolute atomic E-state index is 0.117. The van der Waals surface area contributed by atoms with E-state index < -0.39 is 23.6 Å². The fourth-order valence-corrected chi connectivity index (χ4v) is 1.92. The Balaban J connectivity index is 2.50. The van der Waals surface area contributed by atoms with E-state index in [1.54, 1.807) is 6.92 Å². The second kappa shape index (κ2) is 5.72. The lowest BCUT2D eigenvalue weighted by molar-refractivity contribution is -0.138. The lowest BCUT2D eigenvalue weighted by atomic mass is 10.1. The summed E-state index contributed by atoms with van der Waals surface area (Å²) in [5.41, 5.74) is -0.360. The van der Waals surface area contributed by atoms with Gasteiger partial charge in [-0.2, -0.15) is 0 Å². The molecule has 0 fully saturated rings. The van der Waals surface area contributed by atoms with Gasteiger partial charge in [0.2, 0.25) is 0 Å². The topological polar surface area (TPSA) is 80.9 Å². The van der Waals surface area contributed by atoms with Gasteiger partial charge in [0.25, 0.3) is 0 Å². The van der Waals surface area contributed by atoms with Gasteiger partial charge in [0.15, 0.2) is 5.82 Å². The number of tetrazole rings is 1. The number of nitrogens with zero attached hydrogens (tertiary/aromatic N) is 4. The van der Waals surface area contributed by atoms with Gasteiger partial charge in [-0.25, -0.2) is 13.5 Å². The van der Waals surface area contributed by atoms with Gasteiger partial charge in [0.05, 0.1) is 18.0 Å². The van der Waals surface area contributed by atoms with Gasteiger partial charge in [-0.3, -0.25) is 4.79 Å². The first-order valence-corrected chi connectivity index (χ1v) is 5.98. The molecular formula is C12H12F2N4O2. The summed E-state index contributed by atoms with van der Waals surface area (Å²) in [7, 11) is 0. The van der Waals surface area contributed by atoms with E-state index in [-0.39, 0.29) is 17.8 Å². The van der Waals surface area contributed by atoms with Crippen LogP contribution in [0.15, 0.2) is 18.2 Å². The van der Waals surface area contributed by atoms with Crippen molar-refractivity contribution in [2.75, 3.05) is 0 Å². The monoisotopic (exact) mass is 282 g/mol. The Hall–Kier alpha value is -2.38. The lowest BCUT2D eigenvalue weighted by Gasteiger charge is -2.14. The maximum absolute atomic E-state index is 13.8. The van der Waals surface area contributed by atoms with E-state index in [9.17, 15) is 13.6 Å². The van der Waals surface area contributed by atoms with E-state index >= 15 is 0 Å². The van der Waals surface area contributed by atoms with Crippen LogP contribution in [-0.2, 0) is 4.79 Å². The van der Waals surface area contributed by atoms with E-state index in [0.29, 0.717) is 6.42 Å². The van der Waals surface area contributed by atoms with Crippen molar-refractivity contribution in [1.82, 2.24) is 20.2 Å². The molecule has 0 aliphatic heterocycles. The van der Waals surface area contributed by atoms with E-state index in [0.717, 1.165) is 16.8 Å². The van der Waals surface area contributed by atoms with Crippen LogP contribution in [0.25, 0.3) is 11.4 Å². The highest BCUT2D eigenvalue weighted by Gasteiger charge is 2.23. The number of aliphatic carboxylic acids is 1. The Morgan fingerprint density at radius 2 is 2.05 bits per heavy atom. The Kier molecular flexibility index (Phi) is 4.02. The number of rotatable bonds is 5. The summed E-state index contributed by atoms with van der Waals surface area (Å²) in [6.07, 6.45) is 0.186. The van der Waals surface area contributed by atoms with Gasteiger partial charge < -0.3 is 5.11 Å². The summed E-state index contributed by atoms with van der Waals surface area (Å²) in [5.74, 6) is -2.75. The third-order valence-corrected chi connectivity index (χ3v) is 2.91. The molecule has 0 radical (unpaired) electrons. The lowest BCUT2D eigenvalue weighted by Crippen LogP contribution is -2.16. The van der Waals surface area contributed by atoms with Crippen molar-refractivity contribution in [3.05, 3.63) is 29.8 Å². The first-order chi connectivity index (χ1) is 9.54. The Bertz CT molecular complexity index is 609. The molecule has 0 saturated heterocycles. The Morgan fingerprint density at radius 1 is 1.40 bits per heavy atom. The van der Waals surface area contributed by atoms with Gasteiger partial charge in [0.1, 0.15) is 11.6 Å². The minimum Gasteiger partial charge on any atom is -0.481 e. The SMILES string of the molecule is CCC(CC(=O)O)n1nnnc1-c1c(F)cccc1F. The summed E-state index contributed by atoms with van der Waals surface area (Å²) in [6.45, 7) is 1.75. The third-order valence-electron chi connectivity index (χ3n) is 2.91. The third kappa shape index (κ3) is 2.63. The van der Waals surface area contributed by atoms with Crippen molar-refractivity contribution in [3.63, 3.8) is 0 Å². The highest BCUT2D eigenvalue weighted by Crippen LogP contribution is 2.27. The minimum atomic E-state index is -1.03. The van der Waals surface area contributed by atoms with Crippen LogP contribution in [0.4, 0.5) is 8.78 Å². The standard InChI is InChI=1S/C12H12F2N4O2/c1-2-7(6-10(19)20)18-12(15-16-17-18)11-8(13)4-3-5-9(11)14/h3-5,7H,2,6H2,1H3,(H,19,20). The van der Waals surface area contributed by atoms with Gasteiger partial charge in [-0.15, -0.1) is 5.10 Å². The molecule has 2 aromatic rings. The zero-order valence-electron chi connectivity index (χ0n) is 10.6. The second-order valence-corrected chi connectivity index (χ2v) is 4.20. The van der Waals surface area contributed by atoms with Crippen LogP contribution in [0.2, 0.25) is 0 Å². The molecule has 2 rings (SSSR count). The number of hydrogen-bond donors (Lipinski definition) is 1. The van der Waals surface area contributed by atoms with Crippen molar-refractivity contribution in [3.8, 4) is 11.4 Å². The molecule has 6 nitrogen and oxygen atoms in total. The van der Waals surface area contributed by atoms with Crippen molar-refractivity contribution in [2.24, 2.45) is 0 Å². The zero-order chi connectivity index (χ0) is 14.7. The van der Waals surface area contributed by atoms with Crippen LogP contribution in [0.5, 0.6) is 0 Å². The van der Waals surface area contributed by atoms with E-state index in [1.165, 1.54) is 6.07 Å². The molecule has 1 heterocycles. The number of carbonyl (C=O) groups is 1. The molecule has 0 bridgehead atoms. The number of carboxylic acids is 1. The molecule has 1 unspecified atom stereocenters. The van der Waals surface area contributed by atoms with Gasteiger partial charge in [0, 0.05) is 0 Å². The molecule has 106 valence electrons. The molecule has 1 atom stereocenters. The molecule has 0 saturated carbocycles.